The quantitative estimate of drug-likeness (QED) is 0.905. The number of benzene rings is 1. The minimum atomic E-state index is 0.308. The minimum absolute atomic E-state index is 0.308. The number of para-hydroxylation sites is 1. The SMILES string of the molecule is CC(C)(C)C1CN(CC2Cc3ccccc3O2)CCCN1. The van der Waals surface area contributed by atoms with Crippen molar-refractivity contribution < 1.29 is 4.74 Å². The number of rotatable bonds is 2. The Morgan fingerprint density at radius 3 is 2.86 bits per heavy atom. The molecule has 1 aromatic rings. The highest BCUT2D eigenvalue weighted by Crippen LogP contribution is 2.29. The molecular formula is C18H28N2O. The maximum atomic E-state index is 6.11. The lowest BCUT2D eigenvalue weighted by Crippen LogP contribution is -2.47. The van der Waals surface area contributed by atoms with Gasteiger partial charge in [0, 0.05) is 25.6 Å². The van der Waals surface area contributed by atoms with Gasteiger partial charge >= 0.3 is 0 Å². The van der Waals surface area contributed by atoms with Crippen LogP contribution in [0.2, 0.25) is 0 Å². The van der Waals surface area contributed by atoms with Crippen molar-refractivity contribution in [3.63, 3.8) is 0 Å². The van der Waals surface area contributed by atoms with Crippen LogP contribution in [0.25, 0.3) is 0 Å². The lowest BCUT2D eigenvalue weighted by Gasteiger charge is -2.34. The van der Waals surface area contributed by atoms with Gasteiger partial charge in [-0.25, -0.2) is 0 Å². The van der Waals surface area contributed by atoms with E-state index in [0.717, 1.165) is 31.8 Å². The standard InChI is InChI=1S/C18H28N2O/c1-18(2,3)17-13-20(10-6-9-19-17)12-15-11-14-7-4-5-8-16(14)21-15/h4-5,7-8,15,17,19H,6,9-13H2,1-3H3. The molecule has 2 atom stereocenters. The summed E-state index contributed by atoms with van der Waals surface area (Å²) >= 11 is 0. The summed E-state index contributed by atoms with van der Waals surface area (Å²) in [5, 5.41) is 3.71. The molecule has 1 saturated heterocycles. The molecule has 3 heteroatoms. The molecule has 0 radical (unpaired) electrons. The first kappa shape index (κ1) is 14.9. The Bertz CT molecular complexity index is 455. The largest absolute Gasteiger partial charge is 0.488 e. The van der Waals surface area contributed by atoms with E-state index in [0.29, 0.717) is 17.6 Å². The highest BCUT2D eigenvalue weighted by atomic mass is 16.5. The molecule has 2 unspecified atom stereocenters. The van der Waals surface area contributed by atoms with Crippen molar-refractivity contribution in [1.29, 1.82) is 0 Å². The second-order valence-corrected chi connectivity index (χ2v) is 7.54. The van der Waals surface area contributed by atoms with Crippen LogP contribution in [-0.4, -0.2) is 43.2 Å². The predicted octanol–water partition coefficient (Wildman–Crippen LogP) is 2.70. The molecule has 0 saturated carbocycles. The van der Waals surface area contributed by atoms with Gasteiger partial charge in [-0.3, -0.25) is 4.90 Å². The van der Waals surface area contributed by atoms with Crippen molar-refractivity contribution in [2.75, 3.05) is 26.2 Å². The Balaban J connectivity index is 1.60. The van der Waals surface area contributed by atoms with Gasteiger partial charge in [0.25, 0.3) is 0 Å². The molecule has 0 aromatic heterocycles. The predicted molar refractivity (Wildman–Crippen MR) is 86.9 cm³/mol. The summed E-state index contributed by atoms with van der Waals surface area (Å²) in [6.07, 6.45) is 2.60. The first-order valence-corrected chi connectivity index (χ1v) is 8.23. The van der Waals surface area contributed by atoms with Gasteiger partial charge < -0.3 is 10.1 Å². The summed E-state index contributed by atoms with van der Waals surface area (Å²) < 4.78 is 6.11. The Morgan fingerprint density at radius 1 is 1.29 bits per heavy atom. The molecule has 1 N–H and O–H groups in total. The van der Waals surface area contributed by atoms with Crippen LogP contribution in [0, 0.1) is 5.41 Å². The average molecular weight is 288 g/mol. The lowest BCUT2D eigenvalue weighted by molar-refractivity contribution is 0.131. The van der Waals surface area contributed by atoms with Gasteiger partial charge in [-0.15, -0.1) is 0 Å². The van der Waals surface area contributed by atoms with Crippen molar-refractivity contribution >= 4 is 0 Å². The zero-order valence-electron chi connectivity index (χ0n) is 13.6. The normalized spacial score (nSPS) is 27.0. The van der Waals surface area contributed by atoms with Crippen LogP contribution in [-0.2, 0) is 6.42 Å². The summed E-state index contributed by atoms with van der Waals surface area (Å²) in [5.74, 6) is 1.09. The first-order chi connectivity index (χ1) is 10.0. The number of nitrogens with zero attached hydrogens (tertiary/aromatic N) is 1. The summed E-state index contributed by atoms with van der Waals surface area (Å²) in [7, 11) is 0. The monoisotopic (exact) mass is 288 g/mol. The van der Waals surface area contributed by atoms with Crippen LogP contribution in [0.15, 0.2) is 24.3 Å². The zero-order chi connectivity index (χ0) is 14.9. The molecule has 0 spiro atoms. The van der Waals surface area contributed by atoms with E-state index in [1.807, 2.05) is 0 Å². The van der Waals surface area contributed by atoms with E-state index in [1.165, 1.54) is 18.5 Å². The van der Waals surface area contributed by atoms with Crippen LogP contribution >= 0.6 is 0 Å². The minimum Gasteiger partial charge on any atom is -0.488 e. The van der Waals surface area contributed by atoms with E-state index >= 15 is 0 Å². The highest BCUT2D eigenvalue weighted by molar-refractivity contribution is 5.37. The molecule has 2 heterocycles. The Labute approximate surface area is 128 Å². The van der Waals surface area contributed by atoms with E-state index in [1.54, 1.807) is 0 Å². The molecule has 1 fully saturated rings. The van der Waals surface area contributed by atoms with E-state index in [2.05, 4.69) is 55.3 Å². The fourth-order valence-electron chi connectivity index (χ4n) is 3.38. The third kappa shape index (κ3) is 3.58. The molecule has 0 bridgehead atoms. The zero-order valence-corrected chi connectivity index (χ0v) is 13.6. The molecule has 3 nitrogen and oxygen atoms in total. The van der Waals surface area contributed by atoms with E-state index in [-0.39, 0.29) is 0 Å². The number of hydrogen-bond donors (Lipinski definition) is 1. The summed E-state index contributed by atoms with van der Waals surface area (Å²) in [5.41, 5.74) is 1.67. The second-order valence-electron chi connectivity index (χ2n) is 7.54. The van der Waals surface area contributed by atoms with E-state index in [4.69, 9.17) is 4.74 Å². The van der Waals surface area contributed by atoms with Gasteiger partial charge in [0.05, 0.1) is 0 Å². The molecule has 116 valence electrons. The molecule has 2 aliphatic rings. The molecule has 1 aromatic carbocycles. The number of nitrogens with one attached hydrogen (secondary N) is 1. The smallest absolute Gasteiger partial charge is 0.123 e. The molecule has 2 aliphatic heterocycles. The molecule has 21 heavy (non-hydrogen) atoms. The third-order valence-electron chi connectivity index (χ3n) is 4.70. The number of hydrogen-bond acceptors (Lipinski definition) is 3. The first-order valence-electron chi connectivity index (χ1n) is 8.23. The molecule has 0 amide bonds. The summed E-state index contributed by atoms with van der Waals surface area (Å²) in [6, 6.07) is 9.01. The lowest BCUT2D eigenvalue weighted by atomic mass is 9.86. The molecule has 3 rings (SSSR count). The number of ether oxygens (including phenoxy) is 1. The summed E-state index contributed by atoms with van der Waals surface area (Å²) in [6.45, 7) is 11.5. The fourth-order valence-corrected chi connectivity index (χ4v) is 3.38. The van der Waals surface area contributed by atoms with E-state index < -0.39 is 0 Å². The van der Waals surface area contributed by atoms with Gasteiger partial charge in [0.2, 0.25) is 0 Å². The van der Waals surface area contributed by atoms with Crippen molar-refractivity contribution in [3.05, 3.63) is 29.8 Å². The van der Waals surface area contributed by atoms with Crippen molar-refractivity contribution in [3.8, 4) is 5.75 Å². The van der Waals surface area contributed by atoms with Crippen molar-refractivity contribution in [2.24, 2.45) is 5.41 Å². The average Bonchev–Trinajstić information content (AvgIpc) is 2.66. The van der Waals surface area contributed by atoms with Gasteiger partial charge in [0.1, 0.15) is 11.9 Å². The maximum absolute atomic E-state index is 6.11. The van der Waals surface area contributed by atoms with Gasteiger partial charge in [-0.1, -0.05) is 39.0 Å². The van der Waals surface area contributed by atoms with Crippen LogP contribution in [0.5, 0.6) is 5.75 Å². The highest BCUT2D eigenvalue weighted by Gasteiger charge is 2.30. The van der Waals surface area contributed by atoms with Gasteiger partial charge in [-0.2, -0.15) is 0 Å². The Morgan fingerprint density at radius 2 is 2.10 bits per heavy atom. The third-order valence-corrected chi connectivity index (χ3v) is 4.70. The van der Waals surface area contributed by atoms with Crippen LogP contribution < -0.4 is 10.1 Å². The van der Waals surface area contributed by atoms with Crippen LogP contribution in [0.3, 0.4) is 0 Å². The van der Waals surface area contributed by atoms with Gasteiger partial charge in [0.15, 0.2) is 0 Å². The van der Waals surface area contributed by atoms with Crippen LogP contribution in [0.4, 0.5) is 0 Å². The van der Waals surface area contributed by atoms with Gasteiger partial charge in [-0.05, 0) is 36.6 Å². The molecular weight excluding hydrogens is 260 g/mol. The maximum Gasteiger partial charge on any atom is 0.123 e. The van der Waals surface area contributed by atoms with Crippen molar-refractivity contribution in [1.82, 2.24) is 10.2 Å². The van der Waals surface area contributed by atoms with E-state index in [9.17, 15) is 0 Å². The van der Waals surface area contributed by atoms with Crippen molar-refractivity contribution in [2.45, 2.75) is 45.8 Å². The summed E-state index contributed by atoms with van der Waals surface area (Å²) in [4.78, 5) is 2.59. The molecule has 0 aliphatic carbocycles. The Kier molecular flexibility index (Phi) is 4.23. The topological polar surface area (TPSA) is 24.5 Å². The number of fused-ring (bicyclic) bond motifs is 1. The fraction of sp³-hybridized carbons (Fsp3) is 0.667. The van der Waals surface area contributed by atoms with Crippen LogP contribution in [0.1, 0.15) is 32.8 Å². The second kappa shape index (κ2) is 5.98. The Hall–Kier alpha value is -1.06.